The molecule has 1 unspecified atom stereocenters. The zero-order chi connectivity index (χ0) is 25.5. The standard InChI is InChI=1S/C27H29Cl2N7O/c1-16(25-33-22-7-6-17(28)11-24(22)34-25)32-26-20-12-21(29)19(13-23(20)30-15-31-26)27(37)36-10-4-5-18(36)14-35-8-2-3-9-35/h6-7,11-13,15-16,18H,2-5,8-10,14H2,1H3,(H,33,34)(H,30,31,32)/t16-,18?/m0/s1. The molecular weight excluding hydrogens is 509 g/mol. The van der Waals surface area contributed by atoms with Gasteiger partial charge >= 0.3 is 0 Å². The fraction of sp³-hybridized carbons (Fsp3) is 0.407. The van der Waals surface area contributed by atoms with Gasteiger partial charge in [0.05, 0.1) is 33.2 Å². The number of nitrogens with zero attached hydrogens (tertiary/aromatic N) is 5. The van der Waals surface area contributed by atoms with Crippen LogP contribution in [-0.2, 0) is 0 Å². The lowest BCUT2D eigenvalue weighted by molar-refractivity contribution is 0.0709. The van der Waals surface area contributed by atoms with Crippen molar-refractivity contribution in [3.8, 4) is 0 Å². The Bertz CT molecular complexity index is 1470. The molecule has 2 aromatic heterocycles. The van der Waals surface area contributed by atoms with Crippen LogP contribution in [0.25, 0.3) is 21.9 Å². The average molecular weight is 538 g/mol. The second-order valence-corrected chi connectivity index (χ2v) is 10.9. The van der Waals surface area contributed by atoms with Crippen molar-refractivity contribution in [1.82, 2.24) is 29.7 Å². The van der Waals surface area contributed by atoms with E-state index >= 15 is 0 Å². The molecule has 4 aromatic rings. The number of carbonyl (C=O) groups is 1. The predicted octanol–water partition coefficient (Wildman–Crippen LogP) is 5.69. The van der Waals surface area contributed by atoms with Gasteiger partial charge in [-0.3, -0.25) is 4.79 Å². The smallest absolute Gasteiger partial charge is 0.255 e. The van der Waals surface area contributed by atoms with Crippen molar-refractivity contribution < 1.29 is 4.79 Å². The van der Waals surface area contributed by atoms with Crippen LogP contribution in [0.3, 0.4) is 0 Å². The van der Waals surface area contributed by atoms with Crippen molar-refractivity contribution in [3.05, 3.63) is 58.1 Å². The van der Waals surface area contributed by atoms with E-state index in [2.05, 4.69) is 30.2 Å². The highest BCUT2D eigenvalue weighted by molar-refractivity contribution is 6.35. The third kappa shape index (κ3) is 4.85. The molecule has 2 atom stereocenters. The first-order valence-electron chi connectivity index (χ1n) is 12.9. The number of likely N-dealkylation sites (tertiary alicyclic amines) is 2. The molecule has 8 nitrogen and oxygen atoms in total. The molecule has 10 heteroatoms. The molecule has 2 aromatic carbocycles. The third-order valence-electron chi connectivity index (χ3n) is 7.49. The van der Waals surface area contributed by atoms with E-state index in [0.29, 0.717) is 26.9 Å². The number of benzene rings is 2. The highest BCUT2D eigenvalue weighted by Gasteiger charge is 2.32. The van der Waals surface area contributed by atoms with Crippen LogP contribution in [0, 0.1) is 0 Å². The van der Waals surface area contributed by atoms with E-state index in [4.69, 9.17) is 23.2 Å². The summed E-state index contributed by atoms with van der Waals surface area (Å²) < 4.78 is 0. The zero-order valence-corrected chi connectivity index (χ0v) is 22.2. The summed E-state index contributed by atoms with van der Waals surface area (Å²) in [6.45, 7) is 5.96. The van der Waals surface area contributed by atoms with Crippen LogP contribution in [0.15, 0.2) is 36.7 Å². The van der Waals surface area contributed by atoms with Gasteiger partial charge in [0.25, 0.3) is 5.91 Å². The molecule has 192 valence electrons. The summed E-state index contributed by atoms with van der Waals surface area (Å²) in [4.78, 5) is 35.0. The van der Waals surface area contributed by atoms with Gasteiger partial charge in [0.1, 0.15) is 18.0 Å². The number of imidazole rings is 1. The predicted molar refractivity (Wildman–Crippen MR) is 147 cm³/mol. The second kappa shape index (κ2) is 10.1. The van der Waals surface area contributed by atoms with E-state index < -0.39 is 0 Å². The summed E-state index contributed by atoms with van der Waals surface area (Å²) in [7, 11) is 0. The van der Waals surface area contributed by atoms with Crippen LogP contribution in [0.5, 0.6) is 0 Å². The van der Waals surface area contributed by atoms with Crippen molar-refractivity contribution in [2.24, 2.45) is 0 Å². The maximum Gasteiger partial charge on any atom is 0.255 e. The minimum atomic E-state index is -0.166. The van der Waals surface area contributed by atoms with Gasteiger partial charge in [-0.15, -0.1) is 0 Å². The fourth-order valence-corrected chi connectivity index (χ4v) is 5.96. The quantitative estimate of drug-likeness (QED) is 0.328. The summed E-state index contributed by atoms with van der Waals surface area (Å²) in [6, 6.07) is 9.23. The second-order valence-electron chi connectivity index (χ2n) is 10.0. The molecule has 2 aliphatic heterocycles. The first kappa shape index (κ1) is 24.4. The van der Waals surface area contributed by atoms with Gasteiger partial charge in [-0.25, -0.2) is 15.0 Å². The summed E-state index contributed by atoms with van der Waals surface area (Å²) in [5.74, 6) is 1.38. The number of amides is 1. The minimum absolute atomic E-state index is 0.0176. The van der Waals surface area contributed by atoms with Gasteiger partial charge < -0.3 is 20.1 Å². The maximum atomic E-state index is 13.6. The van der Waals surface area contributed by atoms with Crippen molar-refractivity contribution >= 4 is 56.9 Å². The van der Waals surface area contributed by atoms with E-state index in [0.717, 1.165) is 61.3 Å². The molecule has 6 rings (SSSR count). The molecule has 2 saturated heterocycles. The van der Waals surface area contributed by atoms with E-state index in [-0.39, 0.29) is 18.0 Å². The van der Waals surface area contributed by atoms with Crippen molar-refractivity contribution in [3.63, 3.8) is 0 Å². The first-order chi connectivity index (χ1) is 18.0. The van der Waals surface area contributed by atoms with E-state index in [1.54, 1.807) is 12.1 Å². The van der Waals surface area contributed by atoms with Gasteiger partial charge in [0.15, 0.2) is 0 Å². The van der Waals surface area contributed by atoms with Gasteiger partial charge in [0.2, 0.25) is 0 Å². The zero-order valence-electron chi connectivity index (χ0n) is 20.7. The molecule has 0 aliphatic carbocycles. The van der Waals surface area contributed by atoms with E-state index in [1.807, 2.05) is 30.0 Å². The Kier molecular flexibility index (Phi) is 6.65. The normalized spacial score (nSPS) is 19.2. The largest absolute Gasteiger partial charge is 0.360 e. The number of H-pyrrole nitrogens is 1. The topological polar surface area (TPSA) is 90.0 Å². The first-order valence-corrected chi connectivity index (χ1v) is 13.6. The number of aromatic amines is 1. The molecule has 2 N–H and O–H groups in total. The molecule has 0 radical (unpaired) electrons. The van der Waals surface area contributed by atoms with Gasteiger partial charge in [-0.1, -0.05) is 23.2 Å². The van der Waals surface area contributed by atoms with Gasteiger partial charge in [-0.2, -0.15) is 0 Å². The molecule has 1 amide bonds. The molecule has 0 spiro atoms. The highest BCUT2D eigenvalue weighted by atomic mass is 35.5. The number of carbonyl (C=O) groups excluding carboxylic acids is 1. The molecule has 37 heavy (non-hydrogen) atoms. The lowest BCUT2D eigenvalue weighted by Crippen LogP contribution is -2.42. The Balaban J connectivity index is 1.25. The number of hydrogen-bond acceptors (Lipinski definition) is 6. The molecular formula is C27H29Cl2N7O. The van der Waals surface area contributed by atoms with Crippen LogP contribution in [0.1, 0.15) is 54.8 Å². The highest BCUT2D eigenvalue weighted by Crippen LogP contribution is 2.31. The van der Waals surface area contributed by atoms with Gasteiger partial charge in [0, 0.05) is 29.5 Å². The van der Waals surface area contributed by atoms with Crippen molar-refractivity contribution in [1.29, 1.82) is 0 Å². The van der Waals surface area contributed by atoms with Crippen LogP contribution >= 0.6 is 23.2 Å². The van der Waals surface area contributed by atoms with Crippen LogP contribution in [0.4, 0.5) is 5.82 Å². The van der Waals surface area contributed by atoms with Crippen LogP contribution in [-0.4, -0.2) is 67.9 Å². The van der Waals surface area contributed by atoms with Crippen LogP contribution in [0.2, 0.25) is 10.0 Å². The van der Waals surface area contributed by atoms with Crippen molar-refractivity contribution in [2.45, 2.75) is 44.7 Å². The Morgan fingerprint density at radius 3 is 2.78 bits per heavy atom. The third-order valence-corrected chi connectivity index (χ3v) is 8.03. The molecule has 2 fully saturated rings. The number of nitrogens with one attached hydrogen (secondary N) is 2. The van der Waals surface area contributed by atoms with Crippen LogP contribution < -0.4 is 5.32 Å². The summed E-state index contributed by atoms with van der Waals surface area (Å²) in [5.41, 5.74) is 2.88. The number of halogens is 2. The maximum absolute atomic E-state index is 13.6. The Labute approximate surface area is 225 Å². The molecule has 4 heterocycles. The molecule has 0 bridgehead atoms. The number of rotatable bonds is 6. The number of hydrogen-bond donors (Lipinski definition) is 2. The fourth-order valence-electron chi connectivity index (χ4n) is 5.55. The number of anilines is 1. The summed E-state index contributed by atoms with van der Waals surface area (Å²) in [6.07, 6.45) is 6.06. The van der Waals surface area contributed by atoms with Gasteiger partial charge in [-0.05, 0) is 76.0 Å². The minimum Gasteiger partial charge on any atom is -0.360 e. The Morgan fingerprint density at radius 1 is 1.11 bits per heavy atom. The Hall–Kier alpha value is -2.94. The van der Waals surface area contributed by atoms with E-state index in [1.165, 1.54) is 19.2 Å². The van der Waals surface area contributed by atoms with Crippen molar-refractivity contribution in [2.75, 3.05) is 31.5 Å². The SMILES string of the molecule is C[C@H](Nc1ncnc2cc(C(=O)N3CCCC3CN3CCCC3)c(Cl)cc12)c1nc2ccc(Cl)cc2[nH]1. The summed E-state index contributed by atoms with van der Waals surface area (Å²) in [5, 5.41) is 5.24. The monoisotopic (exact) mass is 537 g/mol. The number of fused-ring (bicyclic) bond motifs is 2. The molecule has 0 saturated carbocycles. The summed E-state index contributed by atoms with van der Waals surface area (Å²) >= 11 is 12.8. The van der Waals surface area contributed by atoms with E-state index in [9.17, 15) is 4.79 Å². The average Bonchev–Trinajstić information content (AvgIpc) is 3.65. The lowest BCUT2D eigenvalue weighted by Gasteiger charge is -2.29. The molecule has 2 aliphatic rings. The number of aromatic nitrogens is 4. The Morgan fingerprint density at radius 2 is 1.95 bits per heavy atom. The lowest BCUT2D eigenvalue weighted by atomic mass is 10.1.